The molecular formula is C11H13O. The molecule has 0 aliphatic carbocycles. The molecule has 0 N–H and O–H groups in total. The molecule has 0 atom stereocenters. The molecule has 0 saturated carbocycles. The van der Waals surface area contributed by atoms with Gasteiger partial charge in [-0.15, -0.1) is 0 Å². The van der Waals surface area contributed by atoms with Gasteiger partial charge in [0.1, 0.15) is 5.75 Å². The molecule has 0 bridgehead atoms. The molecule has 0 aliphatic heterocycles. The van der Waals surface area contributed by atoms with Gasteiger partial charge in [-0.2, -0.15) is 0 Å². The minimum Gasteiger partial charge on any atom is -0.497 e. The van der Waals surface area contributed by atoms with Crippen molar-refractivity contribution in [3.05, 3.63) is 42.3 Å². The average molecular weight is 161 g/mol. The largest absolute Gasteiger partial charge is 0.497 e. The van der Waals surface area contributed by atoms with Gasteiger partial charge in [0.15, 0.2) is 0 Å². The van der Waals surface area contributed by atoms with Gasteiger partial charge in [0, 0.05) is 0 Å². The molecule has 1 rings (SSSR count). The highest BCUT2D eigenvalue weighted by Gasteiger charge is 1.89. The average Bonchev–Trinajstić information content (AvgIpc) is 2.05. The van der Waals surface area contributed by atoms with E-state index in [-0.39, 0.29) is 0 Å². The molecule has 63 valence electrons. The van der Waals surface area contributed by atoms with E-state index in [0.717, 1.165) is 16.9 Å². The fraction of sp³-hybridized carbons (Fsp3) is 0.182. The van der Waals surface area contributed by atoms with Crippen molar-refractivity contribution in [1.82, 2.24) is 0 Å². The monoisotopic (exact) mass is 161 g/mol. The second-order valence-electron chi connectivity index (χ2n) is 2.76. The van der Waals surface area contributed by atoms with E-state index in [9.17, 15) is 0 Å². The quantitative estimate of drug-likeness (QED) is 0.648. The van der Waals surface area contributed by atoms with Crippen molar-refractivity contribution in [1.29, 1.82) is 0 Å². The van der Waals surface area contributed by atoms with E-state index in [0.29, 0.717) is 0 Å². The van der Waals surface area contributed by atoms with E-state index in [1.54, 1.807) is 7.11 Å². The van der Waals surface area contributed by atoms with Crippen LogP contribution in [0.5, 0.6) is 5.75 Å². The first-order chi connectivity index (χ1) is 5.72. The van der Waals surface area contributed by atoms with Gasteiger partial charge in [-0.05, 0) is 31.5 Å². The van der Waals surface area contributed by atoms with Gasteiger partial charge >= 0.3 is 0 Å². The lowest BCUT2D eigenvalue weighted by molar-refractivity contribution is 0.415. The van der Waals surface area contributed by atoms with Crippen molar-refractivity contribution in [2.24, 2.45) is 0 Å². The number of benzene rings is 1. The van der Waals surface area contributed by atoms with Crippen LogP contribution < -0.4 is 4.74 Å². The van der Waals surface area contributed by atoms with Crippen molar-refractivity contribution in [2.75, 3.05) is 7.11 Å². The lowest BCUT2D eigenvalue weighted by atomic mass is 10.1. The van der Waals surface area contributed by atoms with Crippen LogP contribution in [0.1, 0.15) is 12.5 Å². The highest BCUT2D eigenvalue weighted by atomic mass is 16.5. The molecule has 1 heteroatoms. The number of hydrogen-bond acceptors (Lipinski definition) is 1. The van der Waals surface area contributed by atoms with Gasteiger partial charge < -0.3 is 4.74 Å². The molecule has 0 unspecified atom stereocenters. The van der Waals surface area contributed by atoms with E-state index in [4.69, 9.17) is 4.74 Å². The fourth-order valence-electron chi connectivity index (χ4n) is 0.985. The second-order valence-corrected chi connectivity index (χ2v) is 2.76. The third kappa shape index (κ3) is 2.42. The Hall–Kier alpha value is -1.24. The van der Waals surface area contributed by atoms with Crippen molar-refractivity contribution in [2.45, 2.75) is 6.92 Å². The van der Waals surface area contributed by atoms with Crippen molar-refractivity contribution >= 4 is 6.08 Å². The first-order valence-corrected chi connectivity index (χ1v) is 3.86. The maximum Gasteiger partial charge on any atom is 0.118 e. The molecule has 1 nitrogen and oxygen atoms in total. The molecular weight excluding hydrogens is 148 g/mol. The first kappa shape index (κ1) is 8.85. The summed E-state index contributed by atoms with van der Waals surface area (Å²) in [6, 6.07) is 7.89. The van der Waals surface area contributed by atoms with Gasteiger partial charge in [-0.3, -0.25) is 0 Å². The first-order valence-electron chi connectivity index (χ1n) is 3.86. The van der Waals surface area contributed by atoms with Crippen LogP contribution in [0.15, 0.2) is 29.8 Å². The van der Waals surface area contributed by atoms with Crippen molar-refractivity contribution in [3.63, 3.8) is 0 Å². The highest BCUT2D eigenvalue weighted by molar-refractivity contribution is 5.54. The minimum atomic E-state index is 0.883. The molecule has 1 aromatic carbocycles. The predicted molar refractivity (Wildman–Crippen MR) is 52.0 cm³/mol. The molecule has 12 heavy (non-hydrogen) atoms. The molecule has 0 amide bonds. The zero-order valence-electron chi connectivity index (χ0n) is 7.50. The summed E-state index contributed by atoms with van der Waals surface area (Å²) in [5, 5.41) is 0. The molecule has 0 spiro atoms. The van der Waals surface area contributed by atoms with E-state index >= 15 is 0 Å². The Morgan fingerprint density at radius 1 is 1.33 bits per heavy atom. The van der Waals surface area contributed by atoms with Crippen LogP contribution in [0.4, 0.5) is 0 Å². The Morgan fingerprint density at radius 2 is 1.92 bits per heavy atom. The summed E-state index contributed by atoms with van der Waals surface area (Å²) in [4.78, 5) is 0. The molecule has 0 saturated heterocycles. The summed E-state index contributed by atoms with van der Waals surface area (Å²) in [6.45, 7) is 5.78. The minimum absolute atomic E-state index is 0.883. The maximum absolute atomic E-state index is 5.04. The Balaban J connectivity index is 2.85. The Bertz CT molecular complexity index is 266. The molecule has 1 radical (unpaired) electrons. The Labute approximate surface area is 73.7 Å². The summed E-state index contributed by atoms with van der Waals surface area (Å²) >= 11 is 0. The topological polar surface area (TPSA) is 9.23 Å². The van der Waals surface area contributed by atoms with Crippen LogP contribution in [0.25, 0.3) is 6.08 Å². The lowest BCUT2D eigenvalue weighted by Crippen LogP contribution is -1.81. The van der Waals surface area contributed by atoms with E-state index in [1.165, 1.54) is 0 Å². The molecule has 0 aromatic heterocycles. The fourth-order valence-corrected chi connectivity index (χ4v) is 0.985. The molecule has 0 fully saturated rings. The van der Waals surface area contributed by atoms with Crippen LogP contribution in [0.2, 0.25) is 0 Å². The van der Waals surface area contributed by atoms with Crippen LogP contribution in [0, 0.1) is 6.92 Å². The summed E-state index contributed by atoms with van der Waals surface area (Å²) in [6.07, 6.45) is 2.03. The normalized spacial score (nSPS) is 11.4. The smallest absolute Gasteiger partial charge is 0.118 e. The number of ether oxygens (including phenoxy) is 1. The van der Waals surface area contributed by atoms with Gasteiger partial charge in [0.25, 0.3) is 0 Å². The van der Waals surface area contributed by atoms with E-state index < -0.39 is 0 Å². The molecule has 0 aliphatic rings. The van der Waals surface area contributed by atoms with E-state index in [2.05, 4.69) is 6.92 Å². The van der Waals surface area contributed by atoms with E-state index in [1.807, 2.05) is 37.3 Å². The highest BCUT2D eigenvalue weighted by Crippen LogP contribution is 2.13. The van der Waals surface area contributed by atoms with Gasteiger partial charge in [0.2, 0.25) is 0 Å². The van der Waals surface area contributed by atoms with Crippen LogP contribution in [0.3, 0.4) is 0 Å². The van der Waals surface area contributed by atoms with Crippen molar-refractivity contribution < 1.29 is 4.74 Å². The van der Waals surface area contributed by atoms with Crippen LogP contribution in [-0.4, -0.2) is 7.11 Å². The zero-order valence-corrected chi connectivity index (χ0v) is 7.50. The Kier molecular flexibility index (Phi) is 2.92. The third-order valence-electron chi connectivity index (χ3n) is 1.53. The van der Waals surface area contributed by atoms with Crippen molar-refractivity contribution in [3.8, 4) is 5.75 Å². The molecule has 0 heterocycles. The summed E-state index contributed by atoms with van der Waals surface area (Å²) < 4.78 is 5.04. The lowest BCUT2D eigenvalue weighted by Gasteiger charge is -1.99. The number of methoxy groups -OCH3 is 1. The second kappa shape index (κ2) is 3.96. The SMILES string of the molecule is [CH2]/C(C)=C/c1ccc(OC)cc1. The van der Waals surface area contributed by atoms with Crippen LogP contribution in [-0.2, 0) is 0 Å². The summed E-state index contributed by atoms with van der Waals surface area (Å²) in [5.74, 6) is 0.883. The predicted octanol–water partition coefficient (Wildman–Crippen LogP) is 2.93. The summed E-state index contributed by atoms with van der Waals surface area (Å²) in [5.41, 5.74) is 2.21. The third-order valence-corrected chi connectivity index (χ3v) is 1.53. The van der Waals surface area contributed by atoms with Gasteiger partial charge in [-0.25, -0.2) is 0 Å². The number of rotatable bonds is 2. The number of hydrogen-bond donors (Lipinski definition) is 0. The zero-order chi connectivity index (χ0) is 8.97. The number of allylic oxidation sites excluding steroid dienone is 1. The standard InChI is InChI=1S/C11H13O/c1-9(2)8-10-4-6-11(12-3)7-5-10/h4-8H,1H2,2-3H3/b9-8-. The Morgan fingerprint density at radius 3 is 2.33 bits per heavy atom. The van der Waals surface area contributed by atoms with Crippen LogP contribution >= 0.6 is 0 Å². The van der Waals surface area contributed by atoms with Gasteiger partial charge in [-0.1, -0.05) is 23.8 Å². The van der Waals surface area contributed by atoms with Gasteiger partial charge in [0.05, 0.1) is 7.11 Å². The maximum atomic E-state index is 5.04. The summed E-state index contributed by atoms with van der Waals surface area (Å²) in [7, 11) is 1.66. The molecule has 1 aromatic rings.